The molecule has 1 aromatic rings. The topological polar surface area (TPSA) is 64.6 Å². The number of hydrogen-bond acceptors (Lipinski definition) is 4. The molecule has 27 heavy (non-hydrogen) atoms. The molecule has 1 amide bonds. The van der Waals surface area contributed by atoms with Gasteiger partial charge in [-0.1, -0.05) is 38.1 Å². The van der Waals surface area contributed by atoms with Crippen molar-refractivity contribution < 1.29 is 9.90 Å². The Labute approximate surface area is 175 Å². The number of hydrogen-bond donors (Lipinski definition) is 3. The predicted octanol–water partition coefficient (Wildman–Crippen LogP) is 2.35. The highest BCUT2D eigenvalue weighted by atomic mass is 35.5. The monoisotopic (exact) mass is 417 g/mol. The molecule has 2 saturated heterocycles. The lowest BCUT2D eigenvalue weighted by atomic mass is 9.91. The van der Waals surface area contributed by atoms with Crippen molar-refractivity contribution in [1.82, 2.24) is 15.5 Å². The highest BCUT2D eigenvalue weighted by molar-refractivity contribution is 5.85. The standard InChI is InChI=1S/C20H31N3O2.2ClH/c1-14-7-15(2)12-23(11-14)13-17-6-4-3-5-16(17)9-22-20(25)19-8-18(24)10-21-19;;/h3-6,14-15,18-19,21,24H,7-13H2,1-2H3,(H,22,25);2*1H. The fourth-order valence-corrected chi connectivity index (χ4v) is 4.27. The Morgan fingerprint density at radius 3 is 2.37 bits per heavy atom. The van der Waals surface area contributed by atoms with Crippen molar-refractivity contribution in [3.05, 3.63) is 35.4 Å². The summed E-state index contributed by atoms with van der Waals surface area (Å²) in [5.74, 6) is 1.47. The van der Waals surface area contributed by atoms with Crippen molar-refractivity contribution >= 4 is 30.7 Å². The number of piperidine rings is 1. The van der Waals surface area contributed by atoms with Gasteiger partial charge >= 0.3 is 0 Å². The molecule has 0 aromatic heterocycles. The molecular weight excluding hydrogens is 385 g/mol. The van der Waals surface area contributed by atoms with E-state index < -0.39 is 6.10 Å². The lowest BCUT2D eigenvalue weighted by Crippen LogP contribution is -2.40. The summed E-state index contributed by atoms with van der Waals surface area (Å²) in [4.78, 5) is 14.8. The molecule has 2 aliphatic rings. The van der Waals surface area contributed by atoms with Crippen LogP contribution in [0.3, 0.4) is 0 Å². The van der Waals surface area contributed by atoms with Crippen LogP contribution in [-0.2, 0) is 17.9 Å². The summed E-state index contributed by atoms with van der Waals surface area (Å²) in [6.45, 7) is 8.95. The molecule has 3 rings (SSSR count). The van der Waals surface area contributed by atoms with Crippen LogP contribution in [0.1, 0.15) is 37.8 Å². The highest BCUT2D eigenvalue weighted by Crippen LogP contribution is 2.23. The van der Waals surface area contributed by atoms with Crippen LogP contribution in [0, 0.1) is 11.8 Å². The van der Waals surface area contributed by atoms with Gasteiger partial charge in [-0.25, -0.2) is 0 Å². The fourth-order valence-electron chi connectivity index (χ4n) is 4.27. The highest BCUT2D eigenvalue weighted by Gasteiger charge is 2.28. The van der Waals surface area contributed by atoms with Crippen molar-refractivity contribution in [2.24, 2.45) is 11.8 Å². The van der Waals surface area contributed by atoms with E-state index in [4.69, 9.17) is 0 Å². The zero-order chi connectivity index (χ0) is 17.8. The lowest BCUT2D eigenvalue weighted by Gasteiger charge is -2.35. The number of amides is 1. The number of carbonyl (C=O) groups excluding carboxylic acids is 1. The molecule has 2 aliphatic heterocycles. The number of rotatable bonds is 5. The number of aliphatic hydroxyl groups is 1. The molecule has 0 spiro atoms. The molecule has 0 radical (unpaired) electrons. The van der Waals surface area contributed by atoms with Crippen LogP contribution in [0.2, 0.25) is 0 Å². The average molecular weight is 418 g/mol. The minimum Gasteiger partial charge on any atom is -0.392 e. The van der Waals surface area contributed by atoms with E-state index in [-0.39, 0.29) is 36.8 Å². The SMILES string of the molecule is CC1CC(C)CN(Cc2ccccc2CNC(=O)C2CC(O)CN2)C1.Cl.Cl. The first-order chi connectivity index (χ1) is 12.0. The van der Waals surface area contributed by atoms with Gasteiger partial charge in [-0.15, -0.1) is 24.8 Å². The third-order valence-corrected chi connectivity index (χ3v) is 5.33. The van der Waals surface area contributed by atoms with Gasteiger partial charge in [-0.05, 0) is 35.8 Å². The fraction of sp³-hybridized carbons (Fsp3) is 0.650. The molecule has 5 nitrogen and oxygen atoms in total. The second kappa shape index (κ2) is 11.2. The summed E-state index contributed by atoms with van der Waals surface area (Å²) in [5.41, 5.74) is 2.48. The Morgan fingerprint density at radius 1 is 1.15 bits per heavy atom. The maximum absolute atomic E-state index is 12.3. The number of nitrogens with one attached hydrogen (secondary N) is 2. The second-order valence-corrected chi connectivity index (χ2v) is 7.98. The largest absolute Gasteiger partial charge is 0.392 e. The van der Waals surface area contributed by atoms with Gasteiger partial charge in [0.05, 0.1) is 12.1 Å². The number of likely N-dealkylation sites (tertiary alicyclic amines) is 1. The molecule has 7 heteroatoms. The number of carbonyl (C=O) groups is 1. The quantitative estimate of drug-likeness (QED) is 0.687. The molecular formula is C20H33Cl2N3O2. The van der Waals surface area contributed by atoms with Crippen LogP contribution < -0.4 is 10.6 Å². The normalized spacial score (nSPS) is 28.1. The number of nitrogens with zero attached hydrogens (tertiary/aromatic N) is 1. The molecule has 0 bridgehead atoms. The third kappa shape index (κ3) is 6.91. The maximum Gasteiger partial charge on any atom is 0.237 e. The van der Waals surface area contributed by atoms with E-state index in [1.54, 1.807) is 0 Å². The molecule has 154 valence electrons. The van der Waals surface area contributed by atoms with Gasteiger partial charge in [0.1, 0.15) is 0 Å². The minimum absolute atomic E-state index is 0. The molecule has 4 unspecified atom stereocenters. The summed E-state index contributed by atoms with van der Waals surface area (Å²) in [5, 5.41) is 15.6. The Kier molecular flexibility index (Phi) is 10.1. The van der Waals surface area contributed by atoms with Crippen LogP contribution >= 0.6 is 24.8 Å². The zero-order valence-corrected chi connectivity index (χ0v) is 17.8. The van der Waals surface area contributed by atoms with Gasteiger partial charge in [0.25, 0.3) is 0 Å². The van der Waals surface area contributed by atoms with E-state index in [0.717, 1.165) is 31.5 Å². The van der Waals surface area contributed by atoms with E-state index in [1.165, 1.54) is 17.5 Å². The summed E-state index contributed by atoms with van der Waals surface area (Å²) in [7, 11) is 0. The van der Waals surface area contributed by atoms with E-state index in [9.17, 15) is 9.90 Å². The van der Waals surface area contributed by atoms with Gasteiger partial charge in [-0.2, -0.15) is 0 Å². The average Bonchev–Trinajstić information content (AvgIpc) is 2.99. The van der Waals surface area contributed by atoms with Gasteiger partial charge in [0.2, 0.25) is 5.91 Å². The van der Waals surface area contributed by atoms with E-state index in [1.807, 2.05) is 6.07 Å². The Morgan fingerprint density at radius 2 is 1.78 bits per heavy atom. The van der Waals surface area contributed by atoms with Crippen LogP contribution in [0.5, 0.6) is 0 Å². The summed E-state index contributed by atoms with van der Waals surface area (Å²) in [6, 6.07) is 8.11. The van der Waals surface area contributed by atoms with Crippen LogP contribution in [0.25, 0.3) is 0 Å². The Bertz CT molecular complexity index is 592. The second-order valence-electron chi connectivity index (χ2n) is 7.98. The van der Waals surface area contributed by atoms with Crippen LogP contribution in [0.4, 0.5) is 0 Å². The van der Waals surface area contributed by atoms with Crippen molar-refractivity contribution in [2.75, 3.05) is 19.6 Å². The first kappa shape index (κ1) is 24.2. The maximum atomic E-state index is 12.3. The van der Waals surface area contributed by atoms with E-state index in [2.05, 4.69) is 47.6 Å². The molecule has 1 aromatic carbocycles. The van der Waals surface area contributed by atoms with E-state index >= 15 is 0 Å². The Hall–Kier alpha value is -0.850. The van der Waals surface area contributed by atoms with Gasteiger partial charge in [-0.3, -0.25) is 9.69 Å². The number of β-amino-alcohol motifs (C(OH)–C–C–N with tert-alkyl or cyclic N) is 1. The number of benzene rings is 1. The number of halogens is 2. The first-order valence-corrected chi connectivity index (χ1v) is 9.49. The van der Waals surface area contributed by atoms with Crippen molar-refractivity contribution in [3.63, 3.8) is 0 Å². The van der Waals surface area contributed by atoms with Crippen LogP contribution in [0.15, 0.2) is 24.3 Å². The molecule has 2 fully saturated rings. The smallest absolute Gasteiger partial charge is 0.237 e. The Balaban J connectivity index is 0.00000182. The lowest BCUT2D eigenvalue weighted by molar-refractivity contribution is -0.123. The van der Waals surface area contributed by atoms with Gasteiger partial charge in [0.15, 0.2) is 0 Å². The third-order valence-electron chi connectivity index (χ3n) is 5.33. The van der Waals surface area contributed by atoms with Gasteiger partial charge < -0.3 is 15.7 Å². The first-order valence-electron chi connectivity index (χ1n) is 9.49. The number of aliphatic hydroxyl groups excluding tert-OH is 1. The summed E-state index contributed by atoms with van der Waals surface area (Å²) in [6.07, 6.45) is 1.40. The van der Waals surface area contributed by atoms with Gasteiger partial charge in [0, 0.05) is 32.7 Å². The summed E-state index contributed by atoms with van der Waals surface area (Å²) >= 11 is 0. The summed E-state index contributed by atoms with van der Waals surface area (Å²) < 4.78 is 0. The predicted molar refractivity (Wildman–Crippen MR) is 113 cm³/mol. The van der Waals surface area contributed by atoms with Crippen molar-refractivity contribution in [1.29, 1.82) is 0 Å². The zero-order valence-electron chi connectivity index (χ0n) is 16.2. The molecule has 0 saturated carbocycles. The molecule has 2 heterocycles. The minimum atomic E-state index is -0.411. The van der Waals surface area contributed by atoms with E-state index in [0.29, 0.717) is 19.5 Å². The molecule has 3 N–H and O–H groups in total. The molecule has 0 aliphatic carbocycles. The van der Waals surface area contributed by atoms with Crippen molar-refractivity contribution in [2.45, 2.75) is 51.9 Å². The van der Waals surface area contributed by atoms with Crippen molar-refractivity contribution in [3.8, 4) is 0 Å². The van der Waals surface area contributed by atoms with Crippen LogP contribution in [-0.4, -0.2) is 47.7 Å². The molecule has 4 atom stereocenters.